The Hall–Kier alpha value is -3.27. The molecule has 26 heavy (non-hydrogen) atoms. The van der Waals surface area contributed by atoms with E-state index in [9.17, 15) is 4.39 Å². The molecule has 2 rings (SSSR count). The molecule has 8 N–H and O–H groups in total. The standard InChI is InChI=1S/C16H22FN7O2/c1-25-11-4-2-5-12(26-7-3-6-18)15(11)10-8-14(24-23-10)22-16(17)21-9-13(19)20/h2,4-5,8-9H,3,6-7,18-20H2,1H3,(H2,21,22,23,24). The topological polar surface area (TPSA) is 150 Å². The van der Waals surface area contributed by atoms with Crippen LogP contribution in [0.4, 0.5) is 10.2 Å². The third-order valence-electron chi connectivity index (χ3n) is 3.22. The molecule has 9 nitrogen and oxygen atoms in total. The van der Waals surface area contributed by atoms with E-state index in [1.165, 1.54) is 0 Å². The first kappa shape index (κ1) is 19.1. The number of hydrogen-bond acceptors (Lipinski definition) is 7. The summed E-state index contributed by atoms with van der Waals surface area (Å²) in [6.07, 6.45) is 0.793. The van der Waals surface area contributed by atoms with Gasteiger partial charge < -0.3 is 26.7 Å². The molecule has 1 heterocycles. The number of benzene rings is 1. The lowest BCUT2D eigenvalue weighted by Gasteiger charge is -2.13. The van der Waals surface area contributed by atoms with Gasteiger partial charge in [0.05, 0.1) is 31.2 Å². The van der Waals surface area contributed by atoms with Crippen molar-refractivity contribution in [2.45, 2.75) is 6.42 Å². The van der Waals surface area contributed by atoms with Crippen LogP contribution in [0, 0.1) is 0 Å². The van der Waals surface area contributed by atoms with E-state index in [1.54, 1.807) is 25.3 Å². The Kier molecular flexibility index (Phi) is 6.80. The highest BCUT2D eigenvalue weighted by Gasteiger charge is 2.16. The van der Waals surface area contributed by atoms with Crippen molar-refractivity contribution >= 4 is 11.9 Å². The largest absolute Gasteiger partial charge is 0.496 e. The van der Waals surface area contributed by atoms with Gasteiger partial charge in [-0.3, -0.25) is 10.4 Å². The molecule has 0 amide bonds. The molecule has 0 saturated carbocycles. The number of aromatic nitrogens is 2. The number of ether oxygens (including phenoxy) is 2. The minimum Gasteiger partial charge on any atom is -0.496 e. The molecule has 2 aromatic rings. The van der Waals surface area contributed by atoms with Gasteiger partial charge in [0.1, 0.15) is 17.3 Å². The third kappa shape index (κ3) is 5.11. The first-order chi connectivity index (χ1) is 12.5. The van der Waals surface area contributed by atoms with Crippen LogP contribution in [0.3, 0.4) is 0 Å². The number of H-pyrrole nitrogens is 1. The monoisotopic (exact) mass is 363 g/mol. The van der Waals surface area contributed by atoms with Crippen molar-refractivity contribution in [2.24, 2.45) is 22.2 Å². The van der Waals surface area contributed by atoms with Gasteiger partial charge in [0, 0.05) is 6.07 Å². The predicted octanol–water partition coefficient (Wildman–Crippen LogP) is 1.27. The van der Waals surface area contributed by atoms with Crippen molar-refractivity contribution in [1.29, 1.82) is 0 Å². The fourth-order valence-corrected chi connectivity index (χ4v) is 2.12. The number of rotatable bonds is 8. The summed E-state index contributed by atoms with van der Waals surface area (Å²) in [6.45, 7) is 0.988. The molecule has 10 heteroatoms. The molecule has 0 aliphatic carbocycles. The van der Waals surface area contributed by atoms with Crippen LogP contribution in [0.2, 0.25) is 0 Å². The summed E-state index contributed by atoms with van der Waals surface area (Å²) in [5.41, 5.74) is 17.1. The lowest BCUT2D eigenvalue weighted by molar-refractivity contribution is 0.312. The average Bonchev–Trinajstić information content (AvgIpc) is 3.07. The predicted molar refractivity (Wildman–Crippen MR) is 98.4 cm³/mol. The van der Waals surface area contributed by atoms with E-state index in [0.29, 0.717) is 42.3 Å². The van der Waals surface area contributed by atoms with Gasteiger partial charge in [-0.1, -0.05) is 6.07 Å². The number of anilines is 1. The molecule has 0 bridgehead atoms. The van der Waals surface area contributed by atoms with Crippen LogP contribution in [0.25, 0.3) is 11.3 Å². The molecule has 140 valence electrons. The number of aliphatic imine (C=N–C) groups is 1. The number of amidine groups is 1. The molecule has 0 unspecified atom stereocenters. The van der Waals surface area contributed by atoms with Crippen LogP contribution in [0.1, 0.15) is 6.42 Å². The summed E-state index contributed by atoms with van der Waals surface area (Å²) < 4.78 is 24.8. The van der Waals surface area contributed by atoms with Gasteiger partial charge in [-0.15, -0.1) is 0 Å². The van der Waals surface area contributed by atoms with E-state index >= 15 is 0 Å². The second-order valence-corrected chi connectivity index (χ2v) is 5.16. The number of nitrogens with two attached hydrogens (primary N) is 3. The van der Waals surface area contributed by atoms with Gasteiger partial charge in [-0.25, -0.2) is 4.99 Å². The van der Waals surface area contributed by atoms with E-state index in [0.717, 1.165) is 6.20 Å². The number of methoxy groups -OCH3 is 1. The van der Waals surface area contributed by atoms with Crippen molar-refractivity contribution < 1.29 is 13.9 Å². The van der Waals surface area contributed by atoms with Crippen molar-refractivity contribution in [2.75, 3.05) is 25.6 Å². The maximum atomic E-state index is 13.7. The number of hydrogen-bond donors (Lipinski definition) is 5. The quantitative estimate of drug-likeness (QED) is 0.205. The number of halogens is 1. The lowest BCUT2D eigenvalue weighted by atomic mass is 10.1. The first-order valence-electron chi connectivity index (χ1n) is 7.82. The molecular formula is C16H22FN7O2. The van der Waals surface area contributed by atoms with E-state index in [2.05, 4.69) is 20.5 Å². The number of nitrogens with zero attached hydrogens (tertiary/aromatic N) is 2. The second-order valence-electron chi connectivity index (χ2n) is 5.16. The van der Waals surface area contributed by atoms with E-state index < -0.39 is 6.09 Å². The van der Waals surface area contributed by atoms with Crippen LogP contribution in [-0.2, 0) is 0 Å². The lowest BCUT2D eigenvalue weighted by Crippen LogP contribution is -2.09. The molecule has 0 fully saturated rings. The zero-order valence-corrected chi connectivity index (χ0v) is 14.3. The number of nitrogens with one attached hydrogen (secondary N) is 2. The number of aromatic amines is 1. The summed E-state index contributed by atoms with van der Waals surface area (Å²) in [6, 6.07) is 7.00. The van der Waals surface area contributed by atoms with Gasteiger partial charge >= 0.3 is 0 Å². The molecule has 1 aromatic heterocycles. The maximum absolute atomic E-state index is 13.7. The summed E-state index contributed by atoms with van der Waals surface area (Å²) in [5, 5.41) is 9.20. The van der Waals surface area contributed by atoms with Gasteiger partial charge in [0.25, 0.3) is 6.09 Å². The zero-order chi connectivity index (χ0) is 18.9. The Morgan fingerprint density at radius 2 is 2.15 bits per heavy atom. The fourth-order valence-electron chi connectivity index (χ4n) is 2.12. The minimum atomic E-state index is -0.907. The molecule has 0 saturated heterocycles. The van der Waals surface area contributed by atoms with Crippen LogP contribution in [0.5, 0.6) is 11.5 Å². The van der Waals surface area contributed by atoms with E-state index in [-0.39, 0.29) is 11.6 Å². The molecular weight excluding hydrogens is 341 g/mol. The van der Waals surface area contributed by atoms with Crippen LogP contribution in [0.15, 0.2) is 41.3 Å². The highest BCUT2D eigenvalue weighted by Crippen LogP contribution is 2.38. The smallest absolute Gasteiger partial charge is 0.288 e. The highest BCUT2D eigenvalue weighted by atomic mass is 19.1. The van der Waals surface area contributed by atoms with Crippen LogP contribution in [-0.4, -0.2) is 36.5 Å². The summed E-state index contributed by atoms with van der Waals surface area (Å²) in [4.78, 5) is 3.41. The summed E-state index contributed by atoms with van der Waals surface area (Å²) >= 11 is 0. The average molecular weight is 363 g/mol. The van der Waals surface area contributed by atoms with Crippen molar-refractivity contribution in [3.05, 3.63) is 36.3 Å². The van der Waals surface area contributed by atoms with Crippen molar-refractivity contribution in [3.8, 4) is 22.8 Å². The van der Waals surface area contributed by atoms with Crippen LogP contribution < -0.4 is 32.0 Å². The zero-order valence-electron chi connectivity index (χ0n) is 14.3. The molecule has 0 spiro atoms. The fraction of sp³-hybridized carbons (Fsp3) is 0.250. The third-order valence-corrected chi connectivity index (χ3v) is 3.22. The van der Waals surface area contributed by atoms with Gasteiger partial charge in [0.2, 0.25) is 0 Å². The van der Waals surface area contributed by atoms with E-state index in [1.807, 2.05) is 6.07 Å². The maximum Gasteiger partial charge on any atom is 0.288 e. The molecule has 0 aliphatic heterocycles. The minimum absolute atomic E-state index is 0.113. The first-order valence-corrected chi connectivity index (χ1v) is 7.82. The molecule has 1 aromatic carbocycles. The Morgan fingerprint density at radius 1 is 1.38 bits per heavy atom. The van der Waals surface area contributed by atoms with Gasteiger partial charge in [0.15, 0.2) is 5.82 Å². The van der Waals surface area contributed by atoms with Gasteiger partial charge in [-0.2, -0.15) is 9.49 Å². The Labute approximate surface area is 150 Å². The second kappa shape index (κ2) is 9.28. The van der Waals surface area contributed by atoms with Crippen LogP contribution >= 0.6 is 0 Å². The van der Waals surface area contributed by atoms with Gasteiger partial charge in [-0.05, 0) is 25.1 Å². The Balaban J connectivity index is 2.27. The summed E-state index contributed by atoms with van der Waals surface area (Å²) in [5.74, 6) is 1.28. The summed E-state index contributed by atoms with van der Waals surface area (Å²) in [7, 11) is 1.55. The highest BCUT2D eigenvalue weighted by molar-refractivity contribution is 5.88. The molecule has 0 atom stereocenters. The van der Waals surface area contributed by atoms with E-state index in [4.69, 9.17) is 26.7 Å². The Morgan fingerprint density at radius 3 is 2.85 bits per heavy atom. The SMILES string of the molecule is COc1cccc(OCCCN)c1-c1cc(NC(F)=NC=C(N)N)n[nH]1. The molecule has 0 aliphatic rings. The Bertz CT molecular complexity index is 785. The van der Waals surface area contributed by atoms with Crippen molar-refractivity contribution in [3.63, 3.8) is 0 Å². The normalized spacial score (nSPS) is 11.1. The molecule has 0 radical (unpaired) electrons. The van der Waals surface area contributed by atoms with Crippen molar-refractivity contribution in [1.82, 2.24) is 10.2 Å².